The Balaban J connectivity index is 1.38. The number of hydrogen-bond acceptors (Lipinski definition) is 3. The van der Waals surface area contributed by atoms with Gasteiger partial charge in [-0.05, 0) is 49.6 Å². The van der Waals surface area contributed by atoms with Crippen molar-refractivity contribution < 1.29 is 14.0 Å². The fraction of sp³-hybridized carbons (Fsp3) is 0.333. The number of benzene rings is 2. The summed E-state index contributed by atoms with van der Waals surface area (Å²) in [5, 5.41) is 4.00. The highest BCUT2D eigenvalue weighted by Crippen LogP contribution is 2.30. The lowest BCUT2D eigenvalue weighted by Crippen LogP contribution is -2.36. The van der Waals surface area contributed by atoms with Gasteiger partial charge in [0.1, 0.15) is 5.82 Å². The van der Waals surface area contributed by atoms with Gasteiger partial charge in [-0.3, -0.25) is 9.59 Å². The summed E-state index contributed by atoms with van der Waals surface area (Å²) in [5.41, 5.74) is 1.51. The highest BCUT2D eigenvalue weighted by atomic mass is 32.2. The smallest absolute Gasteiger partial charge is 0.251 e. The molecule has 2 aromatic carbocycles. The Hall–Kier alpha value is -2.80. The normalized spacial score (nSPS) is 14.0. The fourth-order valence-electron chi connectivity index (χ4n) is 3.88. The second-order valence-electron chi connectivity index (χ2n) is 7.70. The molecule has 3 aromatic rings. The van der Waals surface area contributed by atoms with Gasteiger partial charge in [-0.2, -0.15) is 0 Å². The van der Waals surface area contributed by atoms with Crippen molar-refractivity contribution in [1.82, 2.24) is 14.8 Å². The third-order valence-corrected chi connectivity index (χ3v) is 6.58. The second kappa shape index (κ2) is 10.0. The third-order valence-electron chi connectivity index (χ3n) is 5.56. The van der Waals surface area contributed by atoms with E-state index in [2.05, 4.69) is 22.1 Å². The van der Waals surface area contributed by atoms with Gasteiger partial charge in [-0.15, -0.1) is 11.8 Å². The summed E-state index contributed by atoms with van der Waals surface area (Å²) in [6.45, 7) is 2.80. The van der Waals surface area contributed by atoms with Gasteiger partial charge in [0.2, 0.25) is 5.91 Å². The molecule has 1 N–H and O–H groups in total. The SMILES string of the molecule is O=C(NCCn1cc(SCC(=O)N2CCCCC2)c2ccccc21)c1ccc(F)cc1. The summed E-state index contributed by atoms with van der Waals surface area (Å²) in [7, 11) is 0. The molecular formula is C24H26FN3O2S. The molecular weight excluding hydrogens is 413 g/mol. The number of nitrogens with zero attached hydrogens (tertiary/aromatic N) is 2. The second-order valence-corrected chi connectivity index (χ2v) is 8.71. The maximum Gasteiger partial charge on any atom is 0.251 e. The predicted molar refractivity (Wildman–Crippen MR) is 122 cm³/mol. The highest BCUT2D eigenvalue weighted by molar-refractivity contribution is 8.00. The molecule has 0 unspecified atom stereocenters. The van der Waals surface area contributed by atoms with Gasteiger partial charge < -0.3 is 14.8 Å². The van der Waals surface area contributed by atoms with Gasteiger partial charge in [-0.1, -0.05) is 18.2 Å². The molecule has 1 aliphatic rings. The minimum atomic E-state index is -0.362. The van der Waals surface area contributed by atoms with Gasteiger partial charge in [-0.25, -0.2) is 4.39 Å². The van der Waals surface area contributed by atoms with Crippen LogP contribution in [0.25, 0.3) is 10.9 Å². The molecule has 4 rings (SSSR count). The van der Waals surface area contributed by atoms with Crippen LogP contribution in [0.4, 0.5) is 4.39 Å². The van der Waals surface area contributed by atoms with Crippen LogP contribution in [-0.2, 0) is 11.3 Å². The summed E-state index contributed by atoms with van der Waals surface area (Å²) < 4.78 is 15.1. The van der Waals surface area contributed by atoms with E-state index in [1.165, 1.54) is 30.7 Å². The Kier molecular flexibility index (Phi) is 6.92. The van der Waals surface area contributed by atoms with Crippen LogP contribution >= 0.6 is 11.8 Å². The molecule has 0 bridgehead atoms. The number of fused-ring (bicyclic) bond motifs is 1. The number of carbonyl (C=O) groups is 2. The Bertz CT molecular complexity index is 1060. The number of hydrogen-bond donors (Lipinski definition) is 1. The number of halogens is 1. The topological polar surface area (TPSA) is 54.3 Å². The molecule has 0 radical (unpaired) electrons. The van der Waals surface area contributed by atoms with Crippen LogP contribution in [0.2, 0.25) is 0 Å². The van der Waals surface area contributed by atoms with E-state index >= 15 is 0 Å². The van der Waals surface area contributed by atoms with Crippen LogP contribution in [-0.4, -0.2) is 46.7 Å². The largest absolute Gasteiger partial charge is 0.350 e. The summed E-state index contributed by atoms with van der Waals surface area (Å²) in [4.78, 5) is 27.8. The van der Waals surface area contributed by atoms with Crippen molar-refractivity contribution in [3.05, 3.63) is 66.1 Å². The van der Waals surface area contributed by atoms with E-state index < -0.39 is 0 Å². The van der Waals surface area contributed by atoms with Crippen molar-refractivity contribution in [2.45, 2.75) is 30.7 Å². The highest BCUT2D eigenvalue weighted by Gasteiger charge is 2.18. The van der Waals surface area contributed by atoms with Crippen LogP contribution in [0.3, 0.4) is 0 Å². The molecule has 0 atom stereocenters. The molecule has 1 aliphatic heterocycles. The predicted octanol–water partition coefficient (Wildman–Crippen LogP) is 4.32. The van der Waals surface area contributed by atoms with Crippen LogP contribution in [0.5, 0.6) is 0 Å². The molecule has 5 nitrogen and oxygen atoms in total. The third kappa shape index (κ3) is 5.28. The van der Waals surface area contributed by atoms with Gasteiger partial charge in [0.25, 0.3) is 5.91 Å². The van der Waals surface area contributed by atoms with Crippen LogP contribution in [0.1, 0.15) is 29.6 Å². The number of carbonyl (C=O) groups excluding carboxylic acids is 2. The van der Waals surface area contributed by atoms with Crippen molar-refractivity contribution in [3.8, 4) is 0 Å². The summed E-state index contributed by atoms with van der Waals surface area (Å²) >= 11 is 1.58. The van der Waals surface area contributed by atoms with Crippen molar-refractivity contribution in [2.75, 3.05) is 25.4 Å². The van der Waals surface area contributed by atoms with Gasteiger partial charge >= 0.3 is 0 Å². The van der Waals surface area contributed by atoms with Crippen molar-refractivity contribution >= 4 is 34.5 Å². The summed E-state index contributed by atoms with van der Waals surface area (Å²) in [5.74, 6) is 0.0559. The fourth-order valence-corrected chi connectivity index (χ4v) is 4.87. The zero-order valence-corrected chi connectivity index (χ0v) is 18.2. The molecule has 0 aliphatic carbocycles. The van der Waals surface area contributed by atoms with Crippen LogP contribution in [0, 0.1) is 5.82 Å². The lowest BCUT2D eigenvalue weighted by Gasteiger charge is -2.26. The van der Waals surface area contributed by atoms with E-state index in [1.807, 2.05) is 23.1 Å². The summed E-state index contributed by atoms with van der Waals surface area (Å²) in [6, 6.07) is 13.6. The monoisotopic (exact) mass is 439 g/mol. The number of thioether (sulfide) groups is 1. The number of nitrogens with one attached hydrogen (secondary N) is 1. The Morgan fingerprint density at radius 3 is 2.52 bits per heavy atom. The van der Waals surface area contributed by atoms with Crippen LogP contribution in [0.15, 0.2) is 59.6 Å². The molecule has 1 aromatic heterocycles. The van der Waals surface area contributed by atoms with E-state index in [9.17, 15) is 14.0 Å². The molecule has 2 heterocycles. The lowest BCUT2D eigenvalue weighted by atomic mass is 10.1. The number of piperidine rings is 1. The average Bonchev–Trinajstić information content (AvgIpc) is 3.16. The van der Waals surface area contributed by atoms with Crippen molar-refractivity contribution in [3.63, 3.8) is 0 Å². The lowest BCUT2D eigenvalue weighted by molar-refractivity contribution is -0.129. The first kappa shape index (κ1) is 21.4. The molecule has 162 valence electrons. The quantitative estimate of drug-likeness (QED) is 0.558. The molecule has 1 saturated heterocycles. The Morgan fingerprint density at radius 2 is 1.74 bits per heavy atom. The molecule has 1 fully saturated rings. The number of rotatable bonds is 7. The standard InChI is InChI=1S/C24H26FN3O2S/c25-19-10-8-18(9-11-19)24(30)26-12-15-28-16-22(20-6-2-3-7-21(20)28)31-17-23(29)27-13-4-1-5-14-27/h2-3,6-11,16H,1,4-5,12-15,17H2,(H,26,30). The zero-order chi connectivity index (χ0) is 21.6. The number of aromatic nitrogens is 1. The molecule has 31 heavy (non-hydrogen) atoms. The summed E-state index contributed by atoms with van der Waals surface area (Å²) in [6.07, 6.45) is 5.46. The maximum atomic E-state index is 13.0. The van der Waals surface area contributed by atoms with Gasteiger partial charge in [0.15, 0.2) is 0 Å². The zero-order valence-electron chi connectivity index (χ0n) is 17.4. The Labute approximate surface area is 185 Å². The first-order valence-electron chi connectivity index (χ1n) is 10.6. The first-order chi connectivity index (χ1) is 15.1. The Morgan fingerprint density at radius 1 is 1.00 bits per heavy atom. The molecule has 0 spiro atoms. The van der Waals surface area contributed by atoms with Crippen molar-refractivity contribution in [1.29, 1.82) is 0 Å². The van der Waals surface area contributed by atoms with E-state index in [0.717, 1.165) is 41.7 Å². The van der Waals surface area contributed by atoms with Gasteiger partial charge in [0.05, 0.1) is 5.75 Å². The van der Waals surface area contributed by atoms with E-state index in [0.29, 0.717) is 24.4 Å². The van der Waals surface area contributed by atoms with E-state index in [1.54, 1.807) is 11.8 Å². The van der Waals surface area contributed by atoms with Crippen LogP contribution < -0.4 is 5.32 Å². The van der Waals surface area contributed by atoms with Gasteiger partial charge in [0, 0.05) is 53.7 Å². The first-order valence-corrected chi connectivity index (χ1v) is 11.6. The minimum absolute atomic E-state index is 0.202. The minimum Gasteiger partial charge on any atom is -0.350 e. The number of amides is 2. The number of para-hydroxylation sites is 1. The maximum absolute atomic E-state index is 13.0. The van der Waals surface area contributed by atoms with E-state index in [-0.39, 0.29) is 17.6 Å². The average molecular weight is 440 g/mol. The number of likely N-dealkylation sites (tertiary alicyclic amines) is 1. The van der Waals surface area contributed by atoms with Crippen molar-refractivity contribution in [2.24, 2.45) is 0 Å². The molecule has 0 saturated carbocycles. The van der Waals surface area contributed by atoms with E-state index in [4.69, 9.17) is 0 Å². The molecule has 2 amide bonds. The molecule has 7 heteroatoms.